The molecular formula is C21H26F4N7O4P. The molecule has 0 fully saturated rings. The Hall–Kier alpha value is -3.13. The third-order valence-electron chi connectivity index (χ3n) is 5.27. The second-order valence-electron chi connectivity index (χ2n) is 8.87. The Labute approximate surface area is 208 Å². The maximum Gasteiger partial charge on any atom is 0.408 e. The molecule has 0 saturated heterocycles. The number of carboxylic acid groups (broad SMARTS) is 1. The maximum absolute atomic E-state index is 14.0. The molecule has 0 radical (unpaired) electrons. The number of fused-ring (bicyclic) bond motifs is 1. The van der Waals surface area contributed by atoms with Crippen LogP contribution in [0.25, 0.3) is 11.2 Å². The number of benzene rings is 1. The van der Waals surface area contributed by atoms with Crippen LogP contribution in [-0.2, 0) is 20.6 Å². The lowest BCUT2D eigenvalue weighted by Crippen LogP contribution is -2.49. The minimum atomic E-state index is -5.00. The molecule has 2 aromatic heterocycles. The Balaban J connectivity index is 1.85. The first-order chi connectivity index (χ1) is 17.1. The van der Waals surface area contributed by atoms with Gasteiger partial charge in [-0.3, -0.25) is 9.36 Å². The zero-order valence-electron chi connectivity index (χ0n) is 20.0. The molecule has 0 aliphatic carbocycles. The number of rotatable bonds is 11. The lowest BCUT2D eigenvalue weighted by atomic mass is 10.1. The van der Waals surface area contributed by atoms with Crippen LogP contribution in [0.3, 0.4) is 0 Å². The van der Waals surface area contributed by atoms with Crippen LogP contribution >= 0.6 is 7.44 Å². The van der Waals surface area contributed by atoms with Gasteiger partial charge in [0, 0.05) is 0 Å². The molecule has 0 amide bonds. The highest BCUT2D eigenvalue weighted by Crippen LogP contribution is 2.46. The topological polar surface area (TPSA) is 157 Å². The van der Waals surface area contributed by atoms with Gasteiger partial charge in [0.05, 0.1) is 19.0 Å². The average molecular weight is 547 g/mol. The number of carbonyl (C=O) groups is 1. The summed E-state index contributed by atoms with van der Waals surface area (Å²) < 4.78 is 76.5. The van der Waals surface area contributed by atoms with Crippen LogP contribution in [0, 0.1) is 5.82 Å². The largest absolute Gasteiger partial charge is 0.480 e. The van der Waals surface area contributed by atoms with Gasteiger partial charge in [-0.15, -0.1) is 0 Å². The lowest BCUT2D eigenvalue weighted by Gasteiger charge is -2.33. The minimum Gasteiger partial charge on any atom is -0.480 e. The number of anilines is 1. The number of aliphatic carboxylic acids is 1. The molecule has 3 aromatic rings. The molecule has 0 aliphatic rings. The van der Waals surface area contributed by atoms with Gasteiger partial charge in [0.25, 0.3) is 0 Å². The molecule has 0 saturated carbocycles. The van der Waals surface area contributed by atoms with Crippen LogP contribution in [0.4, 0.5) is 23.4 Å². The summed E-state index contributed by atoms with van der Waals surface area (Å²) in [5, 5.41) is 13.7. The van der Waals surface area contributed by atoms with Crippen LogP contribution < -0.4 is 15.9 Å². The highest BCUT2D eigenvalue weighted by atomic mass is 31.2. The smallest absolute Gasteiger partial charge is 0.408 e. The number of carboxylic acids is 1. The summed E-state index contributed by atoms with van der Waals surface area (Å²) in [5.41, 5.74) is 4.05. The first-order valence-corrected chi connectivity index (χ1v) is 12.8. The number of nitrogens with two attached hydrogens (primary N) is 1. The Morgan fingerprint density at radius 1 is 1.27 bits per heavy atom. The number of nitrogens with one attached hydrogen (secondary N) is 2. The fourth-order valence-electron chi connectivity index (χ4n) is 3.43. The highest BCUT2D eigenvalue weighted by Gasteiger charge is 2.46. The van der Waals surface area contributed by atoms with Crippen molar-refractivity contribution in [3.05, 3.63) is 48.3 Å². The zero-order valence-corrected chi connectivity index (χ0v) is 20.9. The summed E-state index contributed by atoms with van der Waals surface area (Å²) in [7, 11) is -4.44. The van der Waals surface area contributed by atoms with Gasteiger partial charge in [0.2, 0.25) is 7.44 Å². The van der Waals surface area contributed by atoms with E-state index in [9.17, 15) is 32.0 Å². The fraction of sp³-hybridized carbons (Fsp3) is 0.429. The van der Waals surface area contributed by atoms with Crippen molar-refractivity contribution in [1.29, 1.82) is 0 Å². The highest BCUT2D eigenvalue weighted by molar-refractivity contribution is 7.59. The molecule has 3 rings (SSSR count). The van der Waals surface area contributed by atoms with Gasteiger partial charge in [-0.2, -0.15) is 13.2 Å². The maximum atomic E-state index is 14.0. The van der Waals surface area contributed by atoms with Gasteiger partial charge in [-0.1, -0.05) is 12.1 Å². The van der Waals surface area contributed by atoms with E-state index in [0.717, 1.165) is 32.0 Å². The van der Waals surface area contributed by atoms with Crippen LogP contribution in [0.2, 0.25) is 0 Å². The lowest BCUT2D eigenvalue weighted by molar-refractivity contribution is -0.153. The monoisotopic (exact) mass is 547 g/mol. The summed E-state index contributed by atoms with van der Waals surface area (Å²) in [6.07, 6.45) is -3.91. The van der Waals surface area contributed by atoms with Gasteiger partial charge in [0.1, 0.15) is 35.6 Å². The van der Waals surface area contributed by atoms with Crippen LogP contribution in [0.15, 0.2) is 36.9 Å². The molecule has 11 nitrogen and oxygen atoms in total. The summed E-state index contributed by atoms with van der Waals surface area (Å²) in [6.45, 7) is 3.94. The predicted octanol–water partition coefficient (Wildman–Crippen LogP) is 3.45. The number of aromatic nitrogens is 4. The van der Waals surface area contributed by atoms with E-state index in [2.05, 4.69) is 20.0 Å². The molecular weight excluding hydrogens is 521 g/mol. The molecule has 202 valence electrons. The molecule has 0 spiro atoms. The van der Waals surface area contributed by atoms with E-state index in [0.29, 0.717) is 17.2 Å². The summed E-state index contributed by atoms with van der Waals surface area (Å²) in [5.74, 6) is -2.23. The van der Waals surface area contributed by atoms with Gasteiger partial charge >= 0.3 is 12.1 Å². The fourth-order valence-corrected chi connectivity index (χ4v) is 5.81. The molecule has 3 atom stereocenters. The Morgan fingerprint density at radius 2 is 1.97 bits per heavy atom. The number of hydrogen-bond acceptors (Lipinski definition) is 7. The number of nitrogens with zero attached hydrogens (tertiary/aromatic N) is 4. The standard InChI is InChI=1S/C21H26F4N7O4P/c1-12(8-32-10-29-15-17(26)27-9-28-18(15)32)36-11-37(35,31-20(2,3)19(33)34)30-16(21(23,24)25)13-5-4-6-14(22)7-13/h4-7,9-10,12,16H,8,11H2,1-3H3,(H,33,34)(H2,26,27,28)(H2,30,31,35)/t12-,16-,37-/m1/s1. The molecule has 37 heavy (non-hydrogen) atoms. The summed E-state index contributed by atoms with van der Waals surface area (Å²) in [6, 6.07) is 1.13. The van der Waals surface area contributed by atoms with E-state index in [1.165, 1.54) is 12.7 Å². The first kappa shape index (κ1) is 28.4. The zero-order chi connectivity index (χ0) is 27.6. The van der Waals surface area contributed by atoms with E-state index in [1.807, 2.05) is 5.09 Å². The second kappa shape index (κ2) is 10.7. The van der Waals surface area contributed by atoms with Gasteiger partial charge < -0.3 is 20.1 Å². The molecule has 5 N–H and O–H groups in total. The van der Waals surface area contributed by atoms with E-state index < -0.39 is 55.0 Å². The van der Waals surface area contributed by atoms with Crippen molar-refractivity contribution in [2.45, 2.75) is 51.2 Å². The van der Waals surface area contributed by atoms with Crippen molar-refractivity contribution in [3.63, 3.8) is 0 Å². The molecule has 2 heterocycles. The van der Waals surface area contributed by atoms with Crippen molar-refractivity contribution in [3.8, 4) is 0 Å². The molecule has 16 heteroatoms. The number of imidazole rings is 1. The van der Waals surface area contributed by atoms with Gasteiger partial charge in [-0.05, 0) is 38.5 Å². The summed E-state index contributed by atoms with van der Waals surface area (Å²) >= 11 is 0. The van der Waals surface area contributed by atoms with E-state index in [4.69, 9.17) is 10.5 Å². The molecule has 0 bridgehead atoms. The second-order valence-corrected chi connectivity index (χ2v) is 11.1. The normalized spacial score (nSPS) is 15.9. The van der Waals surface area contributed by atoms with Crippen molar-refractivity contribution in [2.75, 3.05) is 12.1 Å². The van der Waals surface area contributed by atoms with Crippen molar-refractivity contribution < 1.29 is 36.8 Å². The van der Waals surface area contributed by atoms with Crippen LogP contribution in [0.5, 0.6) is 0 Å². The average Bonchev–Trinajstić information content (AvgIpc) is 3.19. The predicted molar refractivity (Wildman–Crippen MR) is 126 cm³/mol. The van der Waals surface area contributed by atoms with Crippen LogP contribution in [0.1, 0.15) is 32.4 Å². The van der Waals surface area contributed by atoms with E-state index in [1.54, 1.807) is 11.5 Å². The third-order valence-corrected chi connectivity index (χ3v) is 7.37. The Bertz CT molecular complexity index is 1320. The summed E-state index contributed by atoms with van der Waals surface area (Å²) in [4.78, 5) is 23.7. The SMILES string of the molecule is C[C@H](Cn1cnc2c(N)ncnc21)OC[P@@](=O)(N[C@H](c1cccc(F)c1)C(F)(F)F)NC(C)(C)C(=O)O. The van der Waals surface area contributed by atoms with Crippen molar-refractivity contribution in [1.82, 2.24) is 29.7 Å². The molecule has 0 unspecified atom stereocenters. The number of alkyl halides is 3. The van der Waals surface area contributed by atoms with Gasteiger partial charge in [-0.25, -0.2) is 29.5 Å². The molecule has 1 aromatic carbocycles. The first-order valence-electron chi connectivity index (χ1n) is 10.9. The van der Waals surface area contributed by atoms with E-state index >= 15 is 0 Å². The number of nitrogen functional groups attached to an aromatic ring is 1. The van der Waals surface area contributed by atoms with Crippen molar-refractivity contribution in [2.24, 2.45) is 0 Å². The van der Waals surface area contributed by atoms with Crippen LogP contribution in [-0.4, -0.2) is 54.8 Å². The Morgan fingerprint density at radius 3 is 2.59 bits per heavy atom. The van der Waals surface area contributed by atoms with E-state index in [-0.39, 0.29) is 12.4 Å². The van der Waals surface area contributed by atoms with Crippen molar-refractivity contribution >= 4 is 30.4 Å². The quantitative estimate of drug-likeness (QED) is 0.207. The minimum absolute atomic E-state index is 0.0991. The number of hydrogen-bond donors (Lipinski definition) is 4. The number of ether oxygens (including phenoxy) is 1. The number of halogens is 4. The van der Waals surface area contributed by atoms with Gasteiger partial charge in [0.15, 0.2) is 11.5 Å². The Kier molecular flexibility index (Phi) is 8.22. The molecule has 0 aliphatic heterocycles. The third kappa shape index (κ3) is 7.01.